The predicted octanol–water partition coefficient (Wildman–Crippen LogP) is 2.78. The number of hydrogen-bond acceptors (Lipinski definition) is 9. The van der Waals surface area contributed by atoms with Gasteiger partial charge >= 0.3 is 0 Å². The molecule has 5 aliphatic rings. The van der Waals surface area contributed by atoms with E-state index in [-0.39, 0.29) is 29.2 Å². The zero-order valence-electron chi connectivity index (χ0n) is 24.4. The molecule has 4 fully saturated rings. The average molecular weight is 581 g/mol. The number of hydrogen-bond donors (Lipinski definition) is 2. The van der Waals surface area contributed by atoms with E-state index < -0.39 is 0 Å². The fourth-order valence-electron chi connectivity index (χ4n) is 7.89. The molecule has 1 spiro atoms. The van der Waals surface area contributed by atoms with Crippen molar-refractivity contribution in [1.82, 2.24) is 25.3 Å². The van der Waals surface area contributed by atoms with E-state index in [4.69, 9.17) is 9.47 Å². The molecule has 1 saturated carbocycles. The van der Waals surface area contributed by atoms with Gasteiger partial charge in [0.1, 0.15) is 5.75 Å². The fourth-order valence-corrected chi connectivity index (χ4v) is 9.55. The maximum absolute atomic E-state index is 12.6. The molecule has 10 heteroatoms. The van der Waals surface area contributed by atoms with Crippen molar-refractivity contribution in [3.8, 4) is 11.8 Å². The Kier molecular flexibility index (Phi) is 8.64. The molecule has 1 aliphatic carbocycles. The summed E-state index contributed by atoms with van der Waals surface area (Å²) >= 11 is 2.02. The lowest BCUT2D eigenvalue weighted by Crippen LogP contribution is -2.72. The number of likely N-dealkylation sites (tertiary alicyclic amines) is 1. The summed E-state index contributed by atoms with van der Waals surface area (Å²) < 4.78 is 12.4. The molecule has 7 atom stereocenters. The standard InChI is InChI=1S/C31H44N6O3S/c1-4-27(38)37-16-15-36(19-22(37)11-13-32)29-24-10-12-31(17-21-7-5-9-26(39-3)28(21)41-31)18-25(24)33-30(34-29)40-20-23-8-6-14-35(23)2/h4-5,7,9,22-25,29-30,33-34H,1,6,8,10-12,14-20H2,2-3H3/t22?,23?,24?,25?,29?,30?,31-/m1/s1. The summed E-state index contributed by atoms with van der Waals surface area (Å²) in [6, 6.07) is 9.38. The summed E-state index contributed by atoms with van der Waals surface area (Å²) in [6.07, 6.45) is 8.35. The number of thioether (sulfide) groups is 1. The minimum Gasteiger partial charge on any atom is -0.496 e. The Morgan fingerprint density at radius 1 is 1.27 bits per heavy atom. The molecule has 9 nitrogen and oxygen atoms in total. The number of carbonyl (C=O) groups excluding carboxylic acids is 1. The number of piperazine rings is 1. The van der Waals surface area contributed by atoms with Crippen LogP contribution in [0.15, 0.2) is 35.7 Å². The Hall–Kier alpha value is -2.13. The van der Waals surface area contributed by atoms with E-state index in [1.165, 1.54) is 29.4 Å². The van der Waals surface area contributed by atoms with Gasteiger partial charge in [-0.3, -0.25) is 20.3 Å². The monoisotopic (exact) mass is 580 g/mol. The largest absolute Gasteiger partial charge is 0.496 e. The third-order valence-corrected chi connectivity index (χ3v) is 11.7. The third-order valence-electron chi connectivity index (χ3n) is 10.1. The highest BCUT2D eigenvalue weighted by atomic mass is 32.2. The van der Waals surface area contributed by atoms with E-state index in [9.17, 15) is 10.1 Å². The first-order valence-electron chi connectivity index (χ1n) is 15.2. The Labute approximate surface area is 248 Å². The van der Waals surface area contributed by atoms with Crippen LogP contribution in [0.1, 0.15) is 44.1 Å². The summed E-state index contributed by atoms with van der Waals surface area (Å²) in [4.78, 5) is 20.6. The van der Waals surface area contributed by atoms with Gasteiger partial charge in [0, 0.05) is 42.4 Å². The highest BCUT2D eigenvalue weighted by Crippen LogP contribution is 2.56. The van der Waals surface area contributed by atoms with E-state index in [0.29, 0.717) is 44.1 Å². The van der Waals surface area contributed by atoms with E-state index in [0.717, 1.165) is 44.5 Å². The molecule has 1 amide bonds. The van der Waals surface area contributed by atoms with Crippen molar-refractivity contribution >= 4 is 17.7 Å². The second-order valence-corrected chi connectivity index (χ2v) is 13.9. The predicted molar refractivity (Wildman–Crippen MR) is 159 cm³/mol. The normalized spacial score (nSPS) is 35.6. The zero-order chi connectivity index (χ0) is 28.6. The number of ether oxygens (including phenoxy) is 2. The number of likely N-dealkylation sites (N-methyl/N-ethyl adjacent to an activating group) is 1. The van der Waals surface area contributed by atoms with Gasteiger partial charge in [-0.15, -0.1) is 11.8 Å². The smallest absolute Gasteiger partial charge is 0.246 e. The number of nitrogens with zero attached hydrogens (tertiary/aromatic N) is 4. The van der Waals surface area contributed by atoms with Gasteiger partial charge in [0.25, 0.3) is 0 Å². The number of benzene rings is 1. The van der Waals surface area contributed by atoms with Crippen molar-refractivity contribution in [3.05, 3.63) is 36.4 Å². The maximum atomic E-state index is 12.6. The molecular formula is C31H44N6O3S. The molecule has 0 radical (unpaired) electrons. The summed E-state index contributed by atoms with van der Waals surface area (Å²) in [5.74, 6) is 1.31. The molecule has 2 N–H and O–H groups in total. The van der Waals surface area contributed by atoms with Gasteiger partial charge in [-0.2, -0.15) is 5.26 Å². The molecule has 6 rings (SSSR count). The van der Waals surface area contributed by atoms with Crippen LogP contribution in [-0.2, 0) is 16.0 Å². The first-order valence-corrected chi connectivity index (χ1v) is 16.0. The minimum absolute atomic E-state index is 0.0872. The minimum atomic E-state index is -0.240. The SMILES string of the molecule is C=CC(=O)N1CCN(C2NC(OCC3CCCN3C)NC3C[C@@]4(CCC32)Cc2cccc(OC)c2S4)CC1CC#N. The summed E-state index contributed by atoms with van der Waals surface area (Å²) in [6.45, 7) is 7.56. The summed E-state index contributed by atoms with van der Waals surface area (Å²) in [5, 5.41) is 17.3. The Balaban J connectivity index is 1.21. The Morgan fingerprint density at radius 2 is 2.15 bits per heavy atom. The molecule has 222 valence electrons. The van der Waals surface area contributed by atoms with Gasteiger partial charge in [-0.1, -0.05) is 18.7 Å². The van der Waals surface area contributed by atoms with E-state index in [1.54, 1.807) is 7.11 Å². The van der Waals surface area contributed by atoms with Crippen molar-refractivity contribution in [2.24, 2.45) is 5.92 Å². The highest BCUT2D eigenvalue weighted by molar-refractivity contribution is 8.01. The Bertz CT molecular complexity index is 1180. The van der Waals surface area contributed by atoms with Crippen LogP contribution >= 0.6 is 11.8 Å². The van der Waals surface area contributed by atoms with Crippen molar-refractivity contribution in [3.63, 3.8) is 0 Å². The number of carbonyl (C=O) groups is 1. The highest BCUT2D eigenvalue weighted by Gasteiger charge is 2.51. The fraction of sp³-hybridized carbons (Fsp3) is 0.677. The van der Waals surface area contributed by atoms with E-state index in [2.05, 4.69) is 58.3 Å². The molecule has 0 bridgehead atoms. The van der Waals surface area contributed by atoms with Crippen molar-refractivity contribution < 1.29 is 14.3 Å². The first-order chi connectivity index (χ1) is 19.9. The van der Waals surface area contributed by atoms with Gasteiger partial charge < -0.3 is 19.3 Å². The lowest BCUT2D eigenvalue weighted by atomic mass is 9.73. The molecule has 1 aromatic carbocycles. The summed E-state index contributed by atoms with van der Waals surface area (Å²) in [7, 11) is 3.96. The van der Waals surface area contributed by atoms with Gasteiger partial charge in [0.2, 0.25) is 5.91 Å². The van der Waals surface area contributed by atoms with Crippen LogP contribution in [0.25, 0.3) is 0 Å². The molecule has 1 aromatic rings. The maximum Gasteiger partial charge on any atom is 0.246 e. The van der Waals surface area contributed by atoms with Crippen LogP contribution in [0, 0.1) is 17.2 Å². The number of amides is 1. The van der Waals surface area contributed by atoms with Crippen molar-refractivity contribution in [2.45, 2.75) is 85.2 Å². The second-order valence-electron chi connectivity index (χ2n) is 12.4. The molecule has 3 saturated heterocycles. The number of methoxy groups -OCH3 is 1. The van der Waals surface area contributed by atoms with Crippen LogP contribution in [-0.4, -0.2) is 103 Å². The second kappa shape index (κ2) is 12.2. The van der Waals surface area contributed by atoms with Crippen LogP contribution < -0.4 is 15.4 Å². The van der Waals surface area contributed by atoms with Gasteiger partial charge in [0.05, 0.1) is 43.3 Å². The van der Waals surface area contributed by atoms with Crippen LogP contribution in [0.4, 0.5) is 0 Å². The topological polar surface area (TPSA) is 93.1 Å². The number of nitriles is 1. The molecule has 4 aliphatic heterocycles. The van der Waals surface area contributed by atoms with Gasteiger partial charge in [-0.05, 0) is 69.8 Å². The van der Waals surface area contributed by atoms with Gasteiger partial charge in [-0.25, -0.2) is 0 Å². The Morgan fingerprint density at radius 3 is 2.90 bits per heavy atom. The molecular weight excluding hydrogens is 536 g/mol. The van der Waals surface area contributed by atoms with Crippen LogP contribution in [0.2, 0.25) is 0 Å². The average Bonchev–Trinajstić information content (AvgIpc) is 3.57. The van der Waals surface area contributed by atoms with Crippen LogP contribution in [0.3, 0.4) is 0 Å². The molecule has 6 unspecified atom stereocenters. The van der Waals surface area contributed by atoms with E-state index in [1.807, 2.05) is 16.7 Å². The number of fused-ring (bicyclic) bond motifs is 2. The first kappa shape index (κ1) is 29.0. The van der Waals surface area contributed by atoms with E-state index >= 15 is 0 Å². The third kappa shape index (κ3) is 5.77. The lowest BCUT2D eigenvalue weighted by Gasteiger charge is -2.55. The van der Waals surface area contributed by atoms with Crippen molar-refractivity contribution in [1.29, 1.82) is 5.26 Å². The van der Waals surface area contributed by atoms with Gasteiger partial charge in [0.15, 0.2) is 6.35 Å². The molecule has 41 heavy (non-hydrogen) atoms. The van der Waals surface area contributed by atoms with Crippen LogP contribution in [0.5, 0.6) is 5.75 Å². The molecule has 4 heterocycles. The molecule has 0 aromatic heterocycles. The lowest BCUT2D eigenvalue weighted by molar-refractivity contribution is -0.135. The summed E-state index contributed by atoms with van der Waals surface area (Å²) in [5.41, 5.74) is 1.40. The number of nitrogens with one attached hydrogen (secondary N) is 2. The zero-order valence-corrected chi connectivity index (χ0v) is 25.2. The quantitative estimate of drug-likeness (QED) is 0.473. The number of rotatable bonds is 7. The van der Waals surface area contributed by atoms with Crippen molar-refractivity contribution in [2.75, 3.05) is 46.9 Å².